The van der Waals surface area contributed by atoms with E-state index < -0.39 is 0 Å². The van der Waals surface area contributed by atoms with Gasteiger partial charge in [0.05, 0.1) is 5.69 Å². The lowest BCUT2D eigenvalue weighted by molar-refractivity contribution is 0.0694. The highest BCUT2D eigenvalue weighted by molar-refractivity contribution is 5.92. The van der Waals surface area contributed by atoms with Gasteiger partial charge in [-0.1, -0.05) is 24.3 Å². The fraction of sp³-hybridized carbons (Fsp3) is 0.348. The molecule has 1 aliphatic rings. The van der Waals surface area contributed by atoms with Gasteiger partial charge in [-0.15, -0.1) is 0 Å². The van der Waals surface area contributed by atoms with Gasteiger partial charge < -0.3 is 10.1 Å². The van der Waals surface area contributed by atoms with Gasteiger partial charge in [-0.2, -0.15) is 5.10 Å². The van der Waals surface area contributed by atoms with Gasteiger partial charge in [0.15, 0.2) is 0 Å². The molecule has 0 spiro atoms. The van der Waals surface area contributed by atoms with Crippen molar-refractivity contribution >= 4 is 5.91 Å². The minimum Gasteiger partial charge on any atom is -0.381 e. The van der Waals surface area contributed by atoms with Gasteiger partial charge in [0, 0.05) is 44.3 Å². The molecule has 0 radical (unpaired) electrons. The first-order chi connectivity index (χ1) is 14.1. The van der Waals surface area contributed by atoms with E-state index in [4.69, 9.17) is 4.74 Å². The number of nitrogens with one attached hydrogen (secondary N) is 1. The topological polar surface area (TPSA) is 69.0 Å². The average molecular weight is 390 g/mol. The van der Waals surface area contributed by atoms with Crippen LogP contribution in [0.3, 0.4) is 0 Å². The molecule has 1 N–H and O–H groups in total. The summed E-state index contributed by atoms with van der Waals surface area (Å²) in [5.74, 6) is -0.108. The summed E-state index contributed by atoms with van der Waals surface area (Å²) < 4.78 is 7.16. The van der Waals surface area contributed by atoms with Gasteiger partial charge in [-0.3, -0.25) is 14.5 Å². The Labute approximate surface area is 170 Å². The van der Waals surface area contributed by atoms with Crippen LogP contribution in [0.2, 0.25) is 0 Å². The van der Waals surface area contributed by atoms with E-state index in [1.807, 2.05) is 32.3 Å². The molecule has 0 bridgehead atoms. The van der Waals surface area contributed by atoms with E-state index >= 15 is 0 Å². The quantitative estimate of drug-likeness (QED) is 0.726. The molecule has 1 fully saturated rings. The Morgan fingerprint density at radius 2 is 1.97 bits per heavy atom. The van der Waals surface area contributed by atoms with Crippen LogP contribution in [0, 0.1) is 6.92 Å². The predicted molar refractivity (Wildman–Crippen MR) is 112 cm³/mol. The van der Waals surface area contributed by atoms with Gasteiger partial charge in [-0.05, 0) is 55.0 Å². The second kappa shape index (κ2) is 8.57. The fourth-order valence-corrected chi connectivity index (χ4v) is 3.56. The standard InChI is InChI=1S/C23H26N4O2/c1-16-15-24-22(23(28)25-20-8-11-29-12-9-20)14-19(16)13-17-3-5-18(6-4-17)21-7-10-27(2)26-21/h3-7,10,14-15,20H,8-9,11-13H2,1-2H3,(H,25,28). The Morgan fingerprint density at radius 1 is 1.21 bits per heavy atom. The zero-order valence-electron chi connectivity index (χ0n) is 16.9. The Hall–Kier alpha value is -2.99. The first-order valence-electron chi connectivity index (χ1n) is 10.0. The molecule has 6 nitrogen and oxygen atoms in total. The lowest BCUT2D eigenvalue weighted by Gasteiger charge is -2.23. The van der Waals surface area contributed by atoms with Crippen LogP contribution in [0.15, 0.2) is 48.8 Å². The minimum absolute atomic E-state index is 0.108. The van der Waals surface area contributed by atoms with Crippen LogP contribution in [0.1, 0.15) is 40.0 Å². The third-order valence-electron chi connectivity index (χ3n) is 5.36. The van der Waals surface area contributed by atoms with Crippen molar-refractivity contribution in [1.29, 1.82) is 0 Å². The number of carbonyl (C=O) groups is 1. The Morgan fingerprint density at radius 3 is 2.66 bits per heavy atom. The molecule has 1 aliphatic heterocycles. The smallest absolute Gasteiger partial charge is 0.270 e. The number of hydrogen-bond donors (Lipinski definition) is 1. The van der Waals surface area contributed by atoms with Crippen molar-refractivity contribution in [1.82, 2.24) is 20.1 Å². The highest BCUT2D eigenvalue weighted by atomic mass is 16.5. The van der Waals surface area contributed by atoms with Crippen molar-refractivity contribution < 1.29 is 9.53 Å². The van der Waals surface area contributed by atoms with Crippen molar-refractivity contribution in [2.24, 2.45) is 7.05 Å². The van der Waals surface area contributed by atoms with Crippen LogP contribution < -0.4 is 5.32 Å². The van der Waals surface area contributed by atoms with Gasteiger partial charge in [-0.25, -0.2) is 0 Å². The van der Waals surface area contributed by atoms with Crippen LogP contribution >= 0.6 is 0 Å². The summed E-state index contributed by atoms with van der Waals surface area (Å²) >= 11 is 0. The molecule has 3 heterocycles. The second-order valence-electron chi connectivity index (χ2n) is 7.60. The van der Waals surface area contributed by atoms with Crippen molar-refractivity contribution in [3.63, 3.8) is 0 Å². The number of aryl methyl sites for hydroxylation is 2. The summed E-state index contributed by atoms with van der Waals surface area (Å²) in [4.78, 5) is 17.0. The van der Waals surface area contributed by atoms with E-state index in [0.717, 1.165) is 41.6 Å². The molecule has 3 aromatic rings. The summed E-state index contributed by atoms with van der Waals surface area (Å²) in [5, 5.41) is 7.53. The van der Waals surface area contributed by atoms with Gasteiger partial charge >= 0.3 is 0 Å². The summed E-state index contributed by atoms with van der Waals surface area (Å²) in [6, 6.07) is 12.5. The zero-order valence-corrected chi connectivity index (χ0v) is 16.9. The lowest BCUT2D eigenvalue weighted by Crippen LogP contribution is -2.39. The molecular weight excluding hydrogens is 364 g/mol. The summed E-state index contributed by atoms with van der Waals surface area (Å²) in [5.41, 5.74) is 5.92. The van der Waals surface area contributed by atoms with Crippen molar-refractivity contribution in [3.05, 3.63) is 71.2 Å². The number of rotatable bonds is 5. The number of hydrogen-bond acceptors (Lipinski definition) is 4. The normalized spacial score (nSPS) is 14.7. The molecule has 29 heavy (non-hydrogen) atoms. The van der Waals surface area contributed by atoms with E-state index in [1.54, 1.807) is 10.9 Å². The first kappa shape index (κ1) is 19.3. The maximum atomic E-state index is 12.6. The third-order valence-corrected chi connectivity index (χ3v) is 5.36. The number of amides is 1. The molecule has 6 heteroatoms. The van der Waals surface area contributed by atoms with Crippen molar-refractivity contribution in [3.8, 4) is 11.3 Å². The third kappa shape index (κ3) is 4.71. The Bertz CT molecular complexity index is 988. The van der Waals surface area contributed by atoms with Crippen LogP contribution in [0.4, 0.5) is 0 Å². The monoisotopic (exact) mass is 390 g/mol. The summed E-state index contributed by atoms with van der Waals surface area (Å²) in [6.07, 6.45) is 6.20. The van der Waals surface area contributed by atoms with Gasteiger partial charge in [0.2, 0.25) is 0 Å². The first-order valence-corrected chi connectivity index (χ1v) is 10.0. The Kier molecular flexibility index (Phi) is 5.71. The largest absolute Gasteiger partial charge is 0.381 e. The number of ether oxygens (including phenoxy) is 1. The highest BCUT2D eigenvalue weighted by Crippen LogP contribution is 2.20. The molecule has 0 aliphatic carbocycles. The molecule has 4 rings (SSSR count). The number of nitrogens with zero attached hydrogens (tertiary/aromatic N) is 3. The van der Waals surface area contributed by atoms with Gasteiger partial charge in [0.1, 0.15) is 5.69 Å². The van der Waals surface area contributed by atoms with Crippen molar-refractivity contribution in [2.45, 2.75) is 32.2 Å². The molecular formula is C23H26N4O2. The fourth-order valence-electron chi connectivity index (χ4n) is 3.56. The zero-order chi connectivity index (χ0) is 20.2. The molecule has 150 valence electrons. The van der Waals surface area contributed by atoms with E-state index in [9.17, 15) is 4.79 Å². The van der Waals surface area contributed by atoms with E-state index in [0.29, 0.717) is 18.9 Å². The number of aromatic nitrogens is 3. The molecule has 0 saturated carbocycles. The second-order valence-corrected chi connectivity index (χ2v) is 7.60. The highest BCUT2D eigenvalue weighted by Gasteiger charge is 2.18. The van der Waals surface area contributed by atoms with Crippen LogP contribution in [-0.2, 0) is 18.2 Å². The Balaban J connectivity index is 1.46. The van der Waals surface area contributed by atoms with Crippen LogP contribution in [-0.4, -0.2) is 39.9 Å². The lowest BCUT2D eigenvalue weighted by atomic mass is 9.99. The maximum Gasteiger partial charge on any atom is 0.270 e. The maximum absolute atomic E-state index is 12.6. The molecule has 0 atom stereocenters. The van der Waals surface area contributed by atoms with Crippen LogP contribution in [0.25, 0.3) is 11.3 Å². The van der Waals surface area contributed by atoms with Gasteiger partial charge in [0.25, 0.3) is 5.91 Å². The number of carbonyl (C=O) groups excluding carboxylic acids is 1. The molecule has 1 aromatic carbocycles. The summed E-state index contributed by atoms with van der Waals surface area (Å²) in [6.45, 7) is 3.43. The minimum atomic E-state index is -0.108. The van der Waals surface area contributed by atoms with Crippen molar-refractivity contribution in [2.75, 3.05) is 13.2 Å². The van der Waals surface area contributed by atoms with Crippen LogP contribution in [0.5, 0.6) is 0 Å². The van der Waals surface area contributed by atoms with E-state index in [1.165, 1.54) is 5.56 Å². The predicted octanol–water partition coefficient (Wildman–Crippen LogP) is 3.29. The molecule has 1 saturated heterocycles. The molecule has 2 aromatic heterocycles. The number of pyridine rings is 1. The SMILES string of the molecule is Cc1cnc(C(=O)NC2CCOCC2)cc1Cc1ccc(-c2ccn(C)n2)cc1. The molecule has 1 amide bonds. The molecule has 0 unspecified atom stereocenters. The van der Waals surface area contributed by atoms with E-state index in [-0.39, 0.29) is 11.9 Å². The average Bonchev–Trinajstić information content (AvgIpc) is 3.17. The number of benzene rings is 1. The van der Waals surface area contributed by atoms with E-state index in [2.05, 4.69) is 39.7 Å². The summed E-state index contributed by atoms with van der Waals surface area (Å²) in [7, 11) is 1.92.